The first-order valence-corrected chi connectivity index (χ1v) is 11.2. The number of hydrogen-bond donors (Lipinski definition) is 1. The number of nitrogens with one attached hydrogen (secondary N) is 1. The minimum Gasteiger partial charge on any atom is -0.454 e. The van der Waals surface area contributed by atoms with Gasteiger partial charge in [0.15, 0.2) is 17.3 Å². The molecule has 1 aliphatic rings. The zero-order valence-electron chi connectivity index (χ0n) is 17.9. The van der Waals surface area contributed by atoms with Gasteiger partial charge in [0.2, 0.25) is 6.79 Å². The molecule has 0 bridgehead atoms. The first-order valence-electron chi connectivity index (χ1n) is 10.5. The molecular weight excluding hydrogens is 438 g/mol. The van der Waals surface area contributed by atoms with Crippen molar-refractivity contribution < 1.29 is 19.0 Å². The molecule has 7 nitrogen and oxygen atoms in total. The fourth-order valence-electron chi connectivity index (χ4n) is 3.38. The number of carbonyl (C=O) groups excluding carboxylic acids is 1. The molecule has 3 aromatic carbocycles. The van der Waals surface area contributed by atoms with Crippen molar-refractivity contribution in [1.29, 1.82) is 0 Å². The summed E-state index contributed by atoms with van der Waals surface area (Å²) in [5, 5.41) is 3.36. The Morgan fingerprint density at radius 3 is 2.73 bits per heavy atom. The smallest absolute Gasteiger partial charge is 0.298 e. The molecule has 1 amide bonds. The molecular formula is C25H21N3O4S. The van der Waals surface area contributed by atoms with E-state index >= 15 is 0 Å². The lowest BCUT2D eigenvalue weighted by atomic mass is 10.1. The lowest BCUT2D eigenvalue weighted by Gasteiger charge is -2.08. The second-order valence-corrected chi connectivity index (χ2v) is 8.35. The van der Waals surface area contributed by atoms with Gasteiger partial charge in [-0.1, -0.05) is 42.0 Å². The second-order valence-electron chi connectivity index (χ2n) is 7.64. The molecule has 1 aliphatic heterocycles. The highest BCUT2D eigenvalue weighted by Crippen LogP contribution is 2.32. The van der Waals surface area contributed by atoms with E-state index in [9.17, 15) is 4.79 Å². The lowest BCUT2D eigenvalue weighted by Crippen LogP contribution is -2.22. The summed E-state index contributed by atoms with van der Waals surface area (Å²) in [4.78, 5) is 17.1. The number of aromatic nitrogens is 2. The Morgan fingerprint density at radius 2 is 1.85 bits per heavy atom. The van der Waals surface area contributed by atoms with Crippen molar-refractivity contribution in [2.24, 2.45) is 0 Å². The Kier molecular flexibility index (Phi) is 5.91. The summed E-state index contributed by atoms with van der Waals surface area (Å²) in [7, 11) is 0. The molecule has 166 valence electrons. The summed E-state index contributed by atoms with van der Waals surface area (Å²) < 4.78 is 20.9. The Balaban J connectivity index is 1.20. The van der Waals surface area contributed by atoms with Gasteiger partial charge in [0.25, 0.3) is 11.1 Å². The SMILES string of the molecule is Cc1ccc(Cc2nsc(Oc3cccc(C(=O)NCc4ccc5c(c4)OCO5)c3)n2)cc1. The molecule has 0 fully saturated rings. The summed E-state index contributed by atoms with van der Waals surface area (Å²) in [5.41, 5.74) is 3.78. The molecule has 1 N–H and O–H groups in total. The van der Waals surface area contributed by atoms with Crippen LogP contribution in [-0.4, -0.2) is 22.1 Å². The van der Waals surface area contributed by atoms with Gasteiger partial charge in [-0.15, -0.1) is 0 Å². The van der Waals surface area contributed by atoms with E-state index < -0.39 is 0 Å². The number of rotatable bonds is 7. The van der Waals surface area contributed by atoms with Gasteiger partial charge >= 0.3 is 0 Å². The van der Waals surface area contributed by atoms with Gasteiger partial charge in [-0.2, -0.15) is 9.36 Å². The van der Waals surface area contributed by atoms with E-state index in [2.05, 4.69) is 45.9 Å². The molecule has 0 saturated carbocycles. The van der Waals surface area contributed by atoms with Crippen LogP contribution in [0.1, 0.15) is 32.9 Å². The van der Waals surface area contributed by atoms with Gasteiger partial charge < -0.3 is 19.5 Å². The van der Waals surface area contributed by atoms with Crippen molar-refractivity contribution in [2.75, 3.05) is 6.79 Å². The summed E-state index contributed by atoms with van der Waals surface area (Å²) in [6, 6.07) is 20.9. The summed E-state index contributed by atoms with van der Waals surface area (Å²) in [6.07, 6.45) is 0.641. The molecule has 0 radical (unpaired) electrons. The summed E-state index contributed by atoms with van der Waals surface area (Å²) in [5.74, 6) is 2.44. The molecule has 0 spiro atoms. The van der Waals surface area contributed by atoms with Crippen LogP contribution in [-0.2, 0) is 13.0 Å². The molecule has 2 heterocycles. The topological polar surface area (TPSA) is 82.6 Å². The van der Waals surface area contributed by atoms with Gasteiger partial charge in [0, 0.05) is 30.1 Å². The maximum atomic E-state index is 12.6. The summed E-state index contributed by atoms with van der Waals surface area (Å²) >= 11 is 1.19. The average Bonchev–Trinajstić information content (AvgIpc) is 3.48. The second kappa shape index (κ2) is 9.30. The van der Waals surface area contributed by atoms with E-state index in [1.807, 2.05) is 18.2 Å². The third-order valence-electron chi connectivity index (χ3n) is 5.12. The zero-order valence-corrected chi connectivity index (χ0v) is 18.7. The number of fused-ring (bicyclic) bond motifs is 1. The highest BCUT2D eigenvalue weighted by Gasteiger charge is 2.14. The van der Waals surface area contributed by atoms with Crippen molar-refractivity contribution in [3.63, 3.8) is 0 Å². The van der Waals surface area contributed by atoms with Crippen LogP contribution < -0.4 is 19.5 Å². The van der Waals surface area contributed by atoms with Crippen molar-refractivity contribution in [3.05, 3.63) is 94.8 Å². The van der Waals surface area contributed by atoms with Crippen LogP contribution in [0.4, 0.5) is 0 Å². The molecule has 0 aliphatic carbocycles. The number of nitrogens with zero attached hydrogens (tertiary/aromatic N) is 2. The standard InChI is InChI=1S/C25H21N3O4S/c1-16-5-7-17(8-6-16)12-23-27-25(33-28-23)32-20-4-2-3-19(13-20)24(29)26-14-18-9-10-21-22(11-18)31-15-30-21/h2-11,13H,12,14-15H2,1H3,(H,26,29). The van der Waals surface area contributed by atoms with Crippen LogP contribution in [0.3, 0.4) is 0 Å². The predicted molar refractivity (Wildman–Crippen MR) is 124 cm³/mol. The fourth-order valence-corrected chi connectivity index (χ4v) is 3.95. The maximum absolute atomic E-state index is 12.6. The monoisotopic (exact) mass is 459 g/mol. The van der Waals surface area contributed by atoms with Gasteiger partial charge in [0.1, 0.15) is 5.75 Å². The van der Waals surface area contributed by atoms with Gasteiger partial charge in [-0.25, -0.2) is 0 Å². The summed E-state index contributed by atoms with van der Waals surface area (Å²) in [6.45, 7) is 2.65. The minimum atomic E-state index is -0.199. The number of amides is 1. The van der Waals surface area contributed by atoms with Gasteiger partial charge in [-0.3, -0.25) is 4.79 Å². The molecule has 33 heavy (non-hydrogen) atoms. The van der Waals surface area contributed by atoms with Crippen LogP contribution in [0.5, 0.6) is 22.4 Å². The third kappa shape index (κ3) is 5.12. The average molecular weight is 460 g/mol. The van der Waals surface area contributed by atoms with Crippen molar-refractivity contribution in [2.45, 2.75) is 19.9 Å². The highest BCUT2D eigenvalue weighted by atomic mass is 32.1. The number of carbonyl (C=O) groups is 1. The van der Waals surface area contributed by atoms with E-state index in [0.717, 1.165) is 11.1 Å². The quantitative estimate of drug-likeness (QED) is 0.424. The van der Waals surface area contributed by atoms with Crippen molar-refractivity contribution in [1.82, 2.24) is 14.7 Å². The van der Waals surface area contributed by atoms with Gasteiger partial charge in [0.05, 0.1) is 0 Å². The van der Waals surface area contributed by atoms with E-state index in [4.69, 9.17) is 14.2 Å². The molecule has 0 unspecified atom stereocenters. The predicted octanol–water partition coefficient (Wildman–Crippen LogP) is 4.89. The van der Waals surface area contributed by atoms with Crippen LogP contribution in [0.15, 0.2) is 66.7 Å². The van der Waals surface area contributed by atoms with Crippen molar-refractivity contribution in [3.8, 4) is 22.4 Å². The maximum Gasteiger partial charge on any atom is 0.298 e. The Bertz CT molecular complexity index is 1290. The molecule has 8 heteroatoms. The van der Waals surface area contributed by atoms with E-state index in [-0.39, 0.29) is 12.7 Å². The van der Waals surface area contributed by atoms with E-state index in [1.165, 1.54) is 17.1 Å². The van der Waals surface area contributed by atoms with Crippen LogP contribution >= 0.6 is 11.5 Å². The van der Waals surface area contributed by atoms with Gasteiger partial charge in [-0.05, 0) is 48.4 Å². The lowest BCUT2D eigenvalue weighted by molar-refractivity contribution is 0.0950. The Hall–Kier alpha value is -3.91. The Labute approximate surface area is 195 Å². The number of hydrogen-bond acceptors (Lipinski definition) is 7. The molecule has 4 aromatic rings. The van der Waals surface area contributed by atoms with Crippen LogP contribution in [0.2, 0.25) is 0 Å². The minimum absolute atomic E-state index is 0.199. The third-order valence-corrected chi connectivity index (χ3v) is 5.76. The highest BCUT2D eigenvalue weighted by molar-refractivity contribution is 7.07. The number of aryl methyl sites for hydroxylation is 1. The number of benzene rings is 3. The number of ether oxygens (including phenoxy) is 3. The first kappa shape index (κ1) is 21.0. The van der Waals surface area contributed by atoms with E-state index in [0.29, 0.717) is 46.8 Å². The molecule has 0 atom stereocenters. The molecule has 5 rings (SSSR count). The first-order chi connectivity index (χ1) is 16.1. The molecule has 0 saturated heterocycles. The van der Waals surface area contributed by atoms with Crippen LogP contribution in [0, 0.1) is 6.92 Å². The molecule has 1 aromatic heterocycles. The Morgan fingerprint density at radius 1 is 1.03 bits per heavy atom. The normalized spacial score (nSPS) is 11.9. The van der Waals surface area contributed by atoms with E-state index in [1.54, 1.807) is 24.3 Å². The fraction of sp³-hybridized carbons (Fsp3) is 0.160. The van der Waals surface area contributed by atoms with Crippen LogP contribution in [0.25, 0.3) is 0 Å². The largest absolute Gasteiger partial charge is 0.454 e. The van der Waals surface area contributed by atoms with Crippen molar-refractivity contribution >= 4 is 17.4 Å². The zero-order chi connectivity index (χ0) is 22.6.